The van der Waals surface area contributed by atoms with Crippen LogP contribution in [0.5, 0.6) is 0 Å². The summed E-state index contributed by atoms with van der Waals surface area (Å²) >= 11 is 12.7. The van der Waals surface area contributed by atoms with E-state index in [1.807, 2.05) is 36.4 Å². The minimum absolute atomic E-state index is 0.314. The van der Waals surface area contributed by atoms with Gasteiger partial charge in [0.25, 0.3) is 0 Å². The van der Waals surface area contributed by atoms with Gasteiger partial charge in [0.05, 0.1) is 23.4 Å². The smallest absolute Gasteiger partial charge is 0.341 e. The van der Waals surface area contributed by atoms with Crippen LogP contribution in [0.15, 0.2) is 48.8 Å². The second-order valence-electron chi connectivity index (χ2n) is 6.10. The van der Waals surface area contributed by atoms with Crippen molar-refractivity contribution in [2.24, 2.45) is 0 Å². The number of aryl methyl sites for hydroxylation is 1. The summed E-state index contributed by atoms with van der Waals surface area (Å²) < 4.78 is 6.97. The molecular weight excluding hydrogens is 428 g/mol. The molecular formula is C20H21ClN4O2S2. The molecule has 0 spiro atoms. The normalized spacial score (nSPS) is 10.6. The molecule has 152 valence electrons. The zero-order chi connectivity index (χ0) is 20.6. The number of anilines is 1. The first-order valence-electron chi connectivity index (χ1n) is 9.16. The van der Waals surface area contributed by atoms with Gasteiger partial charge in [-0.2, -0.15) is 5.10 Å². The Kier molecular flexibility index (Phi) is 7.62. The van der Waals surface area contributed by atoms with E-state index >= 15 is 0 Å². The summed E-state index contributed by atoms with van der Waals surface area (Å²) in [4.78, 5) is 13.3. The van der Waals surface area contributed by atoms with Crippen LogP contribution in [0.2, 0.25) is 5.02 Å². The summed E-state index contributed by atoms with van der Waals surface area (Å²) in [6.07, 6.45) is 4.21. The zero-order valence-corrected chi connectivity index (χ0v) is 18.2. The van der Waals surface area contributed by atoms with Crippen LogP contribution in [0.4, 0.5) is 5.00 Å². The summed E-state index contributed by atoms with van der Waals surface area (Å²) in [7, 11) is 0. The maximum Gasteiger partial charge on any atom is 0.341 e. The van der Waals surface area contributed by atoms with Crippen molar-refractivity contribution in [3.05, 3.63) is 59.4 Å². The van der Waals surface area contributed by atoms with Crippen molar-refractivity contribution < 1.29 is 9.53 Å². The molecule has 0 atom stereocenters. The third-order valence-electron chi connectivity index (χ3n) is 3.96. The van der Waals surface area contributed by atoms with E-state index in [1.165, 1.54) is 11.3 Å². The van der Waals surface area contributed by atoms with Crippen LogP contribution in [0.1, 0.15) is 23.7 Å². The second kappa shape index (κ2) is 10.4. The lowest BCUT2D eigenvalue weighted by Crippen LogP contribution is -2.30. The number of hydrogen-bond donors (Lipinski definition) is 2. The molecule has 0 aliphatic carbocycles. The van der Waals surface area contributed by atoms with Gasteiger partial charge < -0.3 is 15.4 Å². The molecule has 2 N–H and O–H groups in total. The lowest BCUT2D eigenvalue weighted by atomic mass is 10.1. The Bertz CT molecular complexity index is 972. The topological polar surface area (TPSA) is 68.2 Å². The van der Waals surface area contributed by atoms with Gasteiger partial charge in [0.2, 0.25) is 0 Å². The molecule has 3 aromatic rings. The number of ether oxygens (including phenoxy) is 1. The maximum absolute atomic E-state index is 12.4. The highest BCUT2D eigenvalue weighted by Crippen LogP contribution is 2.35. The molecule has 0 unspecified atom stereocenters. The van der Waals surface area contributed by atoms with Crippen molar-refractivity contribution >= 4 is 51.2 Å². The van der Waals surface area contributed by atoms with Gasteiger partial charge in [-0.3, -0.25) is 4.68 Å². The number of esters is 1. The molecule has 29 heavy (non-hydrogen) atoms. The number of aromatic nitrogens is 2. The van der Waals surface area contributed by atoms with E-state index in [1.54, 1.807) is 24.0 Å². The minimum Gasteiger partial charge on any atom is -0.462 e. The van der Waals surface area contributed by atoms with Gasteiger partial charge in [-0.1, -0.05) is 41.9 Å². The van der Waals surface area contributed by atoms with E-state index in [0.717, 1.165) is 23.4 Å². The Labute approximate surface area is 183 Å². The number of nitrogens with one attached hydrogen (secondary N) is 2. The van der Waals surface area contributed by atoms with Crippen molar-refractivity contribution in [3.8, 4) is 10.4 Å². The number of carbonyl (C=O) groups is 1. The standard InChI is InChI=1S/C20H21ClN4O2S2/c1-2-27-19(26)16-11-17(14-7-4-3-5-8-14)29-18(16)24-20(28)22-9-6-10-25-13-15(21)12-23-25/h3-5,7-8,11-13H,2,6,9-10H2,1H3,(H2,22,24,28). The summed E-state index contributed by atoms with van der Waals surface area (Å²) in [5, 5.41) is 12.2. The molecule has 0 aliphatic heterocycles. The number of thiocarbonyl (C=S) groups is 1. The highest BCUT2D eigenvalue weighted by atomic mass is 35.5. The lowest BCUT2D eigenvalue weighted by molar-refractivity contribution is 0.0528. The largest absolute Gasteiger partial charge is 0.462 e. The van der Waals surface area contributed by atoms with Gasteiger partial charge in [0.1, 0.15) is 5.00 Å². The van der Waals surface area contributed by atoms with Crippen LogP contribution in [0.25, 0.3) is 10.4 Å². The molecule has 0 aliphatic rings. The van der Waals surface area contributed by atoms with Gasteiger partial charge in [-0.15, -0.1) is 11.3 Å². The van der Waals surface area contributed by atoms with Crippen LogP contribution in [-0.4, -0.2) is 34.0 Å². The monoisotopic (exact) mass is 448 g/mol. The number of rotatable bonds is 8. The van der Waals surface area contributed by atoms with Crippen LogP contribution in [0.3, 0.4) is 0 Å². The number of benzene rings is 1. The summed E-state index contributed by atoms with van der Waals surface area (Å²) in [5.74, 6) is -0.369. The first kappa shape index (κ1) is 21.3. The van der Waals surface area contributed by atoms with E-state index in [0.29, 0.717) is 33.9 Å². The van der Waals surface area contributed by atoms with E-state index in [-0.39, 0.29) is 5.97 Å². The Hall–Kier alpha value is -2.42. The molecule has 2 aromatic heterocycles. The number of nitrogens with zero attached hydrogens (tertiary/aromatic N) is 2. The van der Waals surface area contributed by atoms with Gasteiger partial charge in [-0.05, 0) is 37.2 Å². The lowest BCUT2D eigenvalue weighted by Gasteiger charge is -2.10. The van der Waals surface area contributed by atoms with Crippen molar-refractivity contribution in [1.82, 2.24) is 15.1 Å². The minimum atomic E-state index is -0.369. The molecule has 0 bridgehead atoms. The average Bonchev–Trinajstić information content (AvgIpc) is 3.32. The van der Waals surface area contributed by atoms with Crippen molar-refractivity contribution in [2.45, 2.75) is 19.9 Å². The van der Waals surface area contributed by atoms with Crippen LogP contribution < -0.4 is 10.6 Å². The number of hydrogen-bond acceptors (Lipinski definition) is 5. The van der Waals surface area contributed by atoms with E-state index in [2.05, 4.69) is 15.7 Å². The second-order valence-corrected chi connectivity index (χ2v) is 7.99. The average molecular weight is 449 g/mol. The van der Waals surface area contributed by atoms with Gasteiger partial charge >= 0.3 is 5.97 Å². The van der Waals surface area contributed by atoms with Crippen molar-refractivity contribution in [2.75, 3.05) is 18.5 Å². The van der Waals surface area contributed by atoms with Crippen LogP contribution in [0, 0.1) is 0 Å². The van der Waals surface area contributed by atoms with E-state index in [4.69, 9.17) is 28.6 Å². The highest BCUT2D eigenvalue weighted by Gasteiger charge is 2.19. The van der Waals surface area contributed by atoms with Gasteiger partial charge in [0, 0.05) is 24.2 Å². The predicted octanol–water partition coefficient (Wildman–Crippen LogP) is 4.82. The Morgan fingerprint density at radius 2 is 2.14 bits per heavy atom. The molecule has 3 rings (SSSR count). The Morgan fingerprint density at radius 3 is 2.83 bits per heavy atom. The number of carbonyl (C=O) groups excluding carboxylic acids is 1. The summed E-state index contributed by atoms with van der Waals surface area (Å²) in [5.41, 5.74) is 1.51. The molecule has 2 heterocycles. The molecule has 0 amide bonds. The fourth-order valence-electron chi connectivity index (χ4n) is 2.64. The number of thiophene rings is 1. The Balaban J connectivity index is 1.62. The molecule has 0 fully saturated rings. The SMILES string of the molecule is CCOC(=O)c1cc(-c2ccccc2)sc1NC(=S)NCCCn1cc(Cl)cn1. The van der Waals surface area contributed by atoms with Crippen molar-refractivity contribution in [1.29, 1.82) is 0 Å². The predicted molar refractivity (Wildman–Crippen MR) is 122 cm³/mol. The molecule has 0 saturated carbocycles. The molecule has 0 radical (unpaired) electrons. The number of halogens is 1. The molecule has 1 aromatic carbocycles. The quantitative estimate of drug-likeness (QED) is 0.292. The third-order valence-corrected chi connectivity index (χ3v) is 5.51. The maximum atomic E-state index is 12.4. The van der Waals surface area contributed by atoms with Crippen molar-refractivity contribution in [3.63, 3.8) is 0 Å². The zero-order valence-electron chi connectivity index (χ0n) is 15.9. The fourth-order valence-corrected chi connectivity index (χ4v) is 4.12. The molecule has 6 nitrogen and oxygen atoms in total. The van der Waals surface area contributed by atoms with Crippen LogP contribution >= 0.6 is 35.2 Å². The third kappa shape index (κ3) is 6.03. The Morgan fingerprint density at radius 1 is 1.34 bits per heavy atom. The summed E-state index contributed by atoms with van der Waals surface area (Å²) in [6.45, 7) is 3.49. The van der Waals surface area contributed by atoms with E-state index in [9.17, 15) is 4.79 Å². The van der Waals surface area contributed by atoms with Gasteiger partial charge in [-0.25, -0.2) is 4.79 Å². The summed E-state index contributed by atoms with van der Waals surface area (Å²) in [6, 6.07) is 11.7. The van der Waals surface area contributed by atoms with E-state index < -0.39 is 0 Å². The highest BCUT2D eigenvalue weighted by molar-refractivity contribution is 7.80. The first-order valence-corrected chi connectivity index (χ1v) is 10.8. The fraction of sp³-hybridized carbons (Fsp3) is 0.250. The molecule has 9 heteroatoms. The first-order chi connectivity index (χ1) is 14.1. The van der Waals surface area contributed by atoms with Crippen LogP contribution in [-0.2, 0) is 11.3 Å². The van der Waals surface area contributed by atoms with Gasteiger partial charge in [0.15, 0.2) is 5.11 Å². The molecule has 0 saturated heterocycles.